The van der Waals surface area contributed by atoms with Crippen molar-refractivity contribution < 1.29 is 18.3 Å². The molecule has 0 atom stereocenters. The Labute approximate surface area is 200 Å². The van der Waals surface area contributed by atoms with Crippen molar-refractivity contribution in [2.24, 2.45) is 10.7 Å². The molecule has 9 nitrogen and oxygen atoms in total. The fourth-order valence-corrected chi connectivity index (χ4v) is 2.99. The van der Waals surface area contributed by atoms with Crippen LogP contribution in [-0.2, 0) is 4.79 Å². The van der Waals surface area contributed by atoms with Crippen LogP contribution in [0.4, 0.5) is 31.9 Å². The molecule has 0 saturated heterocycles. The molecule has 0 aliphatic carbocycles. The number of halogens is 2. The first-order valence-corrected chi connectivity index (χ1v) is 10.2. The Morgan fingerprint density at radius 1 is 1.20 bits per heavy atom. The second kappa shape index (κ2) is 11.4. The van der Waals surface area contributed by atoms with Gasteiger partial charge in [-0.2, -0.15) is 4.98 Å². The van der Waals surface area contributed by atoms with Crippen LogP contribution in [0, 0.1) is 11.6 Å². The molecule has 180 valence electrons. The van der Waals surface area contributed by atoms with Gasteiger partial charge in [-0.05, 0) is 42.0 Å². The summed E-state index contributed by atoms with van der Waals surface area (Å²) in [5.74, 6) is -1.07. The van der Waals surface area contributed by atoms with Crippen LogP contribution in [-0.4, -0.2) is 36.2 Å². The SMILES string of the molecule is C=CC(=O)Nc1ccc(F)c(Nc2nc(N/C(C=NC)=C/N)ncc2-c2cc(F)cc(OC)c2)c1. The number of anilines is 4. The number of rotatable bonds is 9. The highest BCUT2D eigenvalue weighted by atomic mass is 19.1. The van der Waals surface area contributed by atoms with Crippen LogP contribution in [0.3, 0.4) is 0 Å². The van der Waals surface area contributed by atoms with Crippen molar-refractivity contribution in [3.63, 3.8) is 0 Å². The summed E-state index contributed by atoms with van der Waals surface area (Å²) in [6.07, 6.45) is 5.27. The molecule has 3 rings (SSSR count). The zero-order chi connectivity index (χ0) is 25.4. The molecule has 35 heavy (non-hydrogen) atoms. The molecule has 2 aromatic carbocycles. The van der Waals surface area contributed by atoms with Crippen molar-refractivity contribution >= 4 is 35.3 Å². The van der Waals surface area contributed by atoms with Gasteiger partial charge >= 0.3 is 0 Å². The zero-order valence-electron chi connectivity index (χ0n) is 19.0. The lowest BCUT2D eigenvalue weighted by molar-refractivity contribution is -0.111. The van der Waals surface area contributed by atoms with Gasteiger partial charge in [0.2, 0.25) is 11.9 Å². The number of aromatic nitrogens is 2. The summed E-state index contributed by atoms with van der Waals surface area (Å²) < 4.78 is 34.1. The van der Waals surface area contributed by atoms with Crippen LogP contribution in [0.25, 0.3) is 11.1 Å². The number of aliphatic imine (C=N–C) groups is 1. The Balaban J connectivity index is 2.10. The number of hydrogen-bond acceptors (Lipinski definition) is 8. The van der Waals surface area contributed by atoms with Crippen molar-refractivity contribution in [3.05, 3.63) is 78.8 Å². The molecule has 11 heteroatoms. The Bertz CT molecular complexity index is 1310. The lowest BCUT2D eigenvalue weighted by Crippen LogP contribution is -2.10. The Morgan fingerprint density at radius 2 is 2.00 bits per heavy atom. The lowest BCUT2D eigenvalue weighted by Gasteiger charge is -2.15. The van der Waals surface area contributed by atoms with E-state index in [2.05, 4.69) is 37.5 Å². The first-order valence-electron chi connectivity index (χ1n) is 10.2. The smallest absolute Gasteiger partial charge is 0.247 e. The van der Waals surface area contributed by atoms with Gasteiger partial charge in [0.05, 0.1) is 18.5 Å². The summed E-state index contributed by atoms with van der Waals surface area (Å²) in [5.41, 5.74) is 7.08. The molecular formula is C24H23F2N7O2. The molecule has 0 bridgehead atoms. The Kier molecular flexibility index (Phi) is 8.06. The third kappa shape index (κ3) is 6.38. The number of benzene rings is 2. The Hall–Kier alpha value is -4.80. The molecule has 0 aliphatic heterocycles. The number of amides is 1. The maximum Gasteiger partial charge on any atom is 0.247 e. The minimum atomic E-state index is -0.613. The number of methoxy groups -OCH3 is 1. The first-order chi connectivity index (χ1) is 16.9. The fraction of sp³-hybridized carbons (Fsp3) is 0.0833. The molecule has 1 amide bonds. The highest BCUT2D eigenvalue weighted by Crippen LogP contribution is 2.33. The molecule has 0 saturated carbocycles. The minimum Gasteiger partial charge on any atom is -0.497 e. The van der Waals surface area contributed by atoms with E-state index in [1.165, 1.54) is 56.1 Å². The van der Waals surface area contributed by atoms with E-state index >= 15 is 0 Å². The first kappa shape index (κ1) is 24.8. The number of carbonyl (C=O) groups excluding carboxylic acids is 1. The summed E-state index contributed by atoms with van der Waals surface area (Å²) in [5, 5.41) is 8.35. The third-order valence-electron chi connectivity index (χ3n) is 4.58. The molecule has 0 fully saturated rings. The normalized spacial score (nSPS) is 11.3. The van der Waals surface area contributed by atoms with Crippen molar-refractivity contribution in [2.75, 3.05) is 30.1 Å². The van der Waals surface area contributed by atoms with Crippen molar-refractivity contribution in [1.29, 1.82) is 0 Å². The van der Waals surface area contributed by atoms with E-state index in [4.69, 9.17) is 10.5 Å². The second-order valence-electron chi connectivity index (χ2n) is 6.98. The van der Waals surface area contributed by atoms with Gasteiger partial charge in [0.15, 0.2) is 0 Å². The van der Waals surface area contributed by atoms with E-state index in [0.29, 0.717) is 22.5 Å². The summed E-state index contributed by atoms with van der Waals surface area (Å²) in [7, 11) is 2.98. The van der Waals surface area contributed by atoms with Crippen LogP contribution in [0.15, 0.2) is 72.1 Å². The quantitative estimate of drug-likeness (QED) is 0.267. The van der Waals surface area contributed by atoms with Gasteiger partial charge in [-0.15, -0.1) is 0 Å². The number of nitrogens with one attached hydrogen (secondary N) is 3. The summed E-state index contributed by atoms with van der Waals surface area (Å²) >= 11 is 0. The average Bonchev–Trinajstić information content (AvgIpc) is 2.85. The van der Waals surface area contributed by atoms with Gasteiger partial charge in [0, 0.05) is 43.0 Å². The average molecular weight is 479 g/mol. The van der Waals surface area contributed by atoms with Gasteiger partial charge in [-0.3, -0.25) is 9.79 Å². The van der Waals surface area contributed by atoms with E-state index in [1.807, 2.05) is 0 Å². The van der Waals surface area contributed by atoms with Crippen LogP contribution < -0.4 is 26.4 Å². The number of carbonyl (C=O) groups is 1. The van der Waals surface area contributed by atoms with Crippen LogP contribution in [0.1, 0.15) is 0 Å². The number of hydrogen-bond donors (Lipinski definition) is 4. The number of nitrogens with zero attached hydrogens (tertiary/aromatic N) is 3. The minimum absolute atomic E-state index is 0.00541. The van der Waals surface area contributed by atoms with Gasteiger partial charge in [-0.1, -0.05) is 6.58 Å². The predicted molar refractivity (Wildman–Crippen MR) is 133 cm³/mol. The van der Waals surface area contributed by atoms with E-state index in [-0.39, 0.29) is 23.2 Å². The summed E-state index contributed by atoms with van der Waals surface area (Å²) in [6, 6.07) is 8.05. The monoisotopic (exact) mass is 479 g/mol. The maximum atomic E-state index is 14.7. The molecule has 0 radical (unpaired) electrons. The molecule has 3 aromatic rings. The molecule has 1 aromatic heterocycles. The van der Waals surface area contributed by atoms with Crippen LogP contribution >= 0.6 is 0 Å². The second-order valence-corrected chi connectivity index (χ2v) is 6.98. The van der Waals surface area contributed by atoms with Crippen LogP contribution in [0.5, 0.6) is 5.75 Å². The van der Waals surface area contributed by atoms with Crippen molar-refractivity contribution in [3.8, 4) is 16.9 Å². The zero-order valence-corrected chi connectivity index (χ0v) is 19.0. The predicted octanol–water partition coefficient (Wildman–Crippen LogP) is 4.21. The largest absolute Gasteiger partial charge is 0.497 e. The van der Waals surface area contributed by atoms with Gasteiger partial charge in [0.25, 0.3) is 0 Å². The molecule has 1 heterocycles. The number of nitrogens with two attached hydrogens (primary N) is 1. The standard InChI is InChI=1S/C24H23F2N7O2/c1-4-22(34)30-16-5-6-20(26)21(10-16)32-23-19(14-7-15(25)9-18(8-14)35-3)13-29-24(33-23)31-17(11-27)12-28-2/h4-13H,1,27H2,2-3H3,(H,30,34)(H2,29,31,32,33)/b17-11+,28-12?. The van der Waals surface area contributed by atoms with E-state index < -0.39 is 17.5 Å². The fourth-order valence-electron chi connectivity index (χ4n) is 2.99. The summed E-state index contributed by atoms with van der Waals surface area (Å²) in [6.45, 7) is 3.40. The van der Waals surface area contributed by atoms with Crippen molar-refractivity contribution in [1.82, 2.24) is 9.97 Å². The van der Waals surface area contributed by atoms with E-state index in [9.17, 15) is 13.6 Å². The molecule has 0 aliphatic rings. The lowest BCUT2D eigenvalue weighted by atomic mass is 10.1. The van der Waals surface area contributed by atoms with Gasteiger partial charge in [-0.25, -0.2) is 13.8 Å². The van der Waals surface area contributed by atoms with Crippen molar-refractivity contribution in [2.45, 2.75) is 0 Å². The Morgan fingerprint density at radius 3 is 2.69 bits per heavy atom. The topological polar surface area (TPSA) is 127 Å². The van der Waals surface area contributed by atoms with Crippen LogP contribution in [0.2, 0.25) is 0 Å². The highest BCUT2D eigenvalue weighted by molar-refractivity contribution is 5.99. The molecule has 0 unspecified atom stereocenters. The van der Waals surface area contributed by atoms with E-state index in [0.717, 1.165) is 6.08 Å². The summed E-state index contributed by atoms with van der Waals surface area (Å²) in [4.78, 5) is 24.2. The van der Waals surface area contributed by atoms with E-state index in [1.54, 1.807) is 13.1 Å². The highest BCUT2D eigenvalue weighted by Gasteiger charge is 2.15. The number of ether oxygens (including phenoxy) is 1. The number of allylic oxidation sites excluding steroid dienone is 1. The molecular weight excluding hydrogens is 456 g/mol. The molecule has 5 N–H and O–H groups in total. The maximum absolute atomic E-state index is 14.7. The van der Waals surface area contributed by atoms with Gasteiger partial charge in [0.1, 0.15) is 23.2 Å². The van der Waals surface area contributed by atoms with Gasteiger partial charge < -0.3 is 26.4 Å². The molecule has 0 spiro atoms. The third-order valence-corrected chi connectivity index (χ3v) is 4.58.